The summed E-state index contributed by atoms with van der Waals surface area (Å²) in [6.45, 7) is 2.11. The van der Waals surface area contributed by atoms with Crippen LogP contribution in [-0.4, -0.2) is 60.2 Å². The number of piperazine rings is 1. The lowest BCUT2D eigenvalue weighted by Crippen LogP contribution is -2.48. The molecule has 4 aromatic carbocycles. The van der Waals surface area contributed by atoms with E-state index in [0.717, 1.165) is 5.69 Å². The summed E-state index contributed by atoms with van der Waals surface area (Å²) in [5, 5.41) is 3.33. The summed E-state index contributed by atoms with van der Waals surface area (Å²) in [5.41, 5.74) is 2.89. The van der Waals surface area contributed by atoms with Crippen molar-refractivity contribution in [2.24, 2.45) is 0 Å². The van der Waals surface area contributed by atoms with Crippen LogP contribution in [0.4, 0.5) is 20.2 Å². The summed E-state index contributed by atoms with van der Waals surface area (Å²) in [5.74, 6) is -1.77. The van der Waals surface area contributed by atoms with E-state index >= 15 is 0 Å². The molecule has 1 N–H and O–H groups in total. The van der Waals surface area contributed by atoms with Crippen molar-refractivity contribution >= 4 is 40.7 Å². The highest BCUT2D eigenvalue weighted by molar-refractivity contribution is 6.30. The molecule has 0 atom stereocenters. The van der Waals surface area contributed by atoms with Crippen LogP contribution >= 0.6 is 11.6 Å². The van der Waals surface area contributed by atoms with Crippen molar-refractivity contribution in [1.29, 1.82) is 0 Å². The van der Waals surface area contributed by atoms with Crippen LogP contribution in [0.2, 0.25) is 5.02 Å². The molecular formula is C33H29ClF2N4O3. The van der Waals surface area contributed by atoms with Gasteiger partial charge in [-0.05, 0) is 84.4 Å². The lowest BCUT2D eigenvalue weighted by Gasteiger charge is -2.36. The summed E-state index contributed by atoms with van der Waals surface area (Å²) in [6.07, 6.45) is 0. The van der Waals surface area contributed by atoms with Crippen molar-refractivity contribution in [1.82, 2.24) is 9.80 Å². The highest BCUT2D eigenvalue weighted by atomic mass is 35.5. The van der Waals surface area contributed by atoms with Gasteiger partial charge in [-0.3, -0.25) is 14.4 Å². The fourth-order valence-corrected chi connectivity index (χ4v) is 5.01. The molecule has 0 spiro atoms. The number of hydrogen-bond donors (Lipinski definition) is 1. The van der Waals surface area contributed by atoms with Crippen LogP contribution in [0.5, 0.6) is 0 Å². The highest BCUT2D eigenvalue weighted by Crippen LogP contribution is 2.21. The van der Waals surface area contributed by atoms with Crippen molar-refractivity contribution in [3.63, 3.8) is 0 Å². The number of hydrogen-bond acceptors (Lipinski definition) is 4. The number of rotatable bonds is 8. The smallest absolute Gasteiger partial charge is 0.254 e. The van der Waals surface area contributed by atoms with E-state index in [-0.39, 0.29) is 36.6 Å². The monoisotopic (exact) mass is 602 g/mol. The second kappa shape index (κ2) is 13.5. The molecule has 0 bridgehead atoms. The number of anilines is 2. The maximum Gasteiger partial charge on any atom is 0.254 e. The van der Waals surface area contributed by atoms with Crippen molar-refractivity contribution < 1.29 is 23.2 Å². The molecule has 1 fully saturated rings. The van der Waals surface area contributed by atoms with E-state index in [0.29, 0.717) is 53.6 Å². The fourth-order valence-electron chi connectivity index (χ4n) is 4.89. The van der Waals surface area contributed by atoms with Gasteiger partial charge in [-0.15, -0.1) is 0 Å². The van der Waals surface area contributed by atoms with Gasteiger partial charge in [0.25, 0.3) is 11.8 Å². The second-order valence-electron chi connectivity index (χ2n) is 10.2. The average molecular weight is 603 g/mol. The van der Waals surface area contributed by atoms with Crippen LogP contribution in [0.25, 0.3) is 0 Å². The first-order valence-corrected chi connectivity index (χ1v) is 14.1. The first-order chi connectivity index (χ1) is 20.7. The average Bonchev–Trinajstić information content (AvgIpc) is 3.02. The third-order valence-corrected chi connectivity index (χ3v) is 7.41. The van der Waals surface area contributed by atoms with Crippen LogP contribution < -0.4 is 10.2 Å². The highest BCUT2D eigenvalue weighted by Gasteiger charge is 2.23. The maximum absolute atomic E-state index is 13.5. The van der Waals surface area contributed by atoms with E-state index in [4.69, 9.17) is 11.6 Å². The van der Waals surface area contributed by atoms with Gasteiger partial charge in [-0.2, -0.15) is 0 Å². The van der Waals surface area contributed by atoms with Crippen LogP contribution in [0, 0.1) is 11.6 Å². The van der Waals surface area contributed by atoms with E-state index in [9.17, 15) is 23.2 Å². The van der Waals surface area contributed by atoms with Crippen molar-refractivity contribution in [2.75, 3.05) is 42.9 Å². The predicted octanol–water partition coefficient (Wildman–Crippen LogP) is 5.86. The van der Waals surface area contributed by atoms with E-state index in [1.54, 1.807) is 59.5 Å². The molecule has 0 unspecified atom stereocenters. The van der Waals surface area contributed by atoms with Crippen molar-refractivity contribution in [3.05, 3.63) is 130 Å². The fraction of sp³-hybridized carbons (Fsp3) is 0.182. The Labute approximate surface area is 253 Å². The molecule has 10 heteroatoms. The quantitative estimate of drug-likeness (QED) is 0.274. The minimum Gasteiger partial charge on any atom is -0.368 e. The number of nitrogens with one attached hydrogen (secondary N) is 1. The molecule has 3 amide bonds. The summed E-state index contributed by atoms with van der Waals surface area (Å²) in [6, 6.07) is 25.2. The van der Waals surface area contributed by atoms with E-state index < -0.39 is 5.82 Å². The normalized spacial score (nSPS) is 13.0. The van der Waals surface area contributed by atoms with Gasteiger partial charge in [-0.25, -0.2) is 8.78 Å². The number of nitrogens with zero attached hydrogens (tertiary/aromatic N) is 3. The standard InChI is InChI=1S/C33H29ClF2N4O3/c34-26-8-6-24(7-9-26)32(42)40(21-23-4-10-27(35)11-5-23)22-31(41)37-29-12-14-30(15-13-29)38-16-18-39(19-17-38)33(43)25-2-1-3-28(36)20-25/h1-15,20H,16-19,21-22H2,(H,37,41). The van der Waals surface area contributed by atoms with Gasteiger partial charge in [0.1, 0.15) is 18.2 Å². The first-order valence-electron chi connectivity index (χ1n) is 13.7. The van der Waals surface area contributed by atoms with Gasteiger partial charge >= 0.3 is 0 Å². The molecule has 1 aliphatic rings. The van der Waals surface area contributed by atoms with Crippen LogP contribution in [0.1, 0.15) is 26.3 Å². The molecule has 0 saturated carbocycles. The van der Waals surface area contributed by atoms with Crippen molar-refractivity contribution in [3.8, 4) is 0 Å². The molecular weight excluding hydrogens is 574 g/mol. The number of amides is 3. The van der Waals surface area contributed by atoms with Gasteiger partial charge in [0.15, 0.2) is 0 Å². The molecule has 7 nitrogen and oxygen atoms in total. The molecule has 5 rings (SSSR count). The Bertz CT molecular complexity index is 1590. The Hall–Kier alpha value is -4.76. The Morgan fingerprint density at radius 3 is 2.09 bits per heavy atom. The molecule has 1 saturated heterocycles. The predicted molar refractivity (Wildman–Crippen MR) is 162 cm³/mol. The molecule has 43 heavy (non-hydrogen) atoms. The zero-order chi connectivity index (χ0) is 30.3. The van der Waals surface area contributed by atoms with Gasteiger partial charge in [0.05, 0.1) is 0 Å². The number of halogens is 3. The molecule has 1 heterocycles. The first kappa shape index (κ1) is 29.7. The van der Waals surface area contributed by atoms with Gasteiger partial charge in [0.2, 0.25) is 5.91 Å². The molecule has 0 aromatic heterocycles. The molecule has 0 radical (unpaired) electrons. The third kappa shape index (κ3) is 7.75. The Balaban J connectivity index is 1.19. The lowest BCUT2D eigenvalue weighted by atomic mass is 10.1. The Kier molecular flexibility index (Phi) is 9.32. The Morgan fingerprint density at radius 1 is 0.767 bits per heavy atom. The van der Waals surface area contributed by atoms with Gasteiger partial charge in [-0.1, -0.05) is 29.8 Å². The molecule has 220 valence electrons. The minimum absolute atomic E-state index is 0.113. The zero-order valence-corrected chi connectivity index (χ0v) is 23.9. The third-order valence-electron chi connectivity index (χ3n) is 7.15. The van der Waals surface area contributed by atoms with Crippen molar-refractivity contribution in [2.45, 2.75) is 6.54 Å². The summed E-state index contributed by atoms with van der Waals surface area (Å²) < 4.78 is 27.0. The number of benzene rings is 4. The summed E-state index contributed by atoms with van der Waals surface area (Å²) in [7, 11) is 0. The van der Waals surface area contributed by atoms with Crippen LogP contribution in [0.15, 0.2) is 97.1 Å². The maximum atomic E-state index is 13.5. The van der Waals surface area contributed by atoms with E-state index in [2.05, 4.69) is 10.2 Å². The topological polar surface area (TPSA) is 73.0 Å². The summed E-state index contributed by atoms with van der Waals surface area (Å²) >= 11 is 5.97. The SMILES string of the molecule is O=C(CN(Cc1ccc(F)cc1)C(=O)c1ccc(Cl)cc1)Nc1ccc(N2CCN(C(=O)c3cccc(F)c3)CC2)cc1. The largest absolute Gasteiger partial charge is 0.368 e. The molecule has 1 aliphatic heterocycles. The second-order valence-corrected chi connectivity index (χ2v) is 10.6. The van der Waals surface area contributed by atoms with Crippen LogP contribution in [0.3, 0.4) is 0 Å². The lowest BCUT2D eigenvalue weighted by molar-refractivity contribution is -0.117. The van der Waals surface area contributed by atoms with E-state index in [1.165, 1.54) is 35.2 Å². The molecule has 0 aliphatic carbocycles. The number of carbonyl (C=O) groups excluding carboxylic acids is 3. The minimum atomic E-state index is -0.439. The number of carbonyl (C=O) groups is 3. The Morgan fingerprint density at radius 2 is 1.44 bits per heavy atom. The van der Waals surface area contributed by atoms with Crippen LogP contribution in [-0.2, 0) is 11.3 Å². The zero-order valence-electron chi connectivity index (χ0n) is 23.2. The van der Waals surface area contributed by atoms with Gasteiger partial charge < -0.3 is 20.0 Å². The summed E-state index contributed by atoms with van der Waals surface area (Å²) in [4.78, 5) is 44.3. The molecule has 4 aromatic rings. The van der Waals surface area contributed by atoms with E-state index in [1.807, 2.05) is 12.1 Å². The van der Waals surface area contributed by atoms with Gasteiger partial charge in [0, 0.05) is 60.2 Å².